The van der Waals surface area contributed by atoms with Crippen molar-refractivity contribution in [3.05, 3.63) is 90.5 Å². The van der Waals surface area contributed by atoms with E-state index in [0.717, 1.165) is 11.3 Å². The number of hydrogen-bond donors (Lipinski definition) is 0. The van der Waals surface area contributed by atoms with Crippen LogP contribution >= 0.6 is 0 Å². The molecule has 0 fully saturated rings. The van der Waals surface area contributed by atoms with Crippen molar-refractivity contribution in [2.75, 3.05) is 6.61 Å². The van der Waals surface area contributed by atoms with Gasteiger partial charge in [-0.25, -0.2) is 4.79 Å². The third kappa shape index (κ3) is 3.30. The summed E-state index contributed by atoms with van der Waals surface area (Å²) in [7, 11) is 0. The van der Waals surface area contributed by atoms with Gasteiger partial charge in [-0.1, -0.05) is 66.7 Å². The number of ether oxygens (including phenoxy) is 1. The van der Waals surface area contributed by atoms with Crippen LogP contribution in [0.5, 0.6) is 0 Å². The molecule has 28 heavy (non-hydrogen) atoms. The predicted molar refractivity (Wildman–Crippen MR) is 108 cm³/mol. The number of carbonyl (C=O) groups is 1. The quantitative estimate of drug-likeness (QED) is 0.475. The van der Waals surface area contributed by atoms with E-state index in [-0.39, 0.29) is 5.97 Å². The molecule has 0 N–H and O–H groups in total. The van der Waals surface area contributed by atoms with Gasteiger partial charge in [-0.05, 0) is 25.1 Å². The van der Waals surface area contributed by atoms with Crippen LogP contribution in [0.2, 0.25) is 0 Å². The minimum Gasteiger partial charge on any atom is -0.462 e. The lowest BCUT2D eigenvalue weighted by Gasteiger charge is -2.13. The first kappa shape index (κ1) is 17.7. The molecular weight excluding hydrogens is 350 g/mol. The Hall–Kier alpha value is -3.73. The summed E-state index contributed by atoms with van der Waals surface area (Å²) >= 11 is 0. The van der Waals surface area contributed by atoms with Crippen LogP contribution in [0.25, 0.3) is 28.5 Å². The Morgan fingerprint density at radius 3 is 2.14 bits per heavy atom. The second-order valence-corrected chi connectivity index (χ2v) is 6.15. The van der Waals surface area contributed by atoms with Gasteiger partial charge in [0.05, 0.1) is 12.2 Å². The molecule has 0 saturated heterocycles. The van der Waals surface area contributed by atoms with E-state index in [0.29, 0.717) is 29.4 Å². The average Bonchev–Trinajstić information content (AvgIpc) is 3.20. The summed E-state index contributed by atoms with van der Waals surface area (Å²) in [6, 6.07) is 27.1. The first-order valence-electron chi connectivity index (χ1n) is 9.12. The summed E-state index contributed by atoms with van der Waals surface area (Å²) in [5.74, 6) is 0.927. The standard InChI is InChI=1S/C23H19N3O2/c1-2-28-23(27)20-16-10-9-15-19(20)22-25-24-21(17-11-5-3-6-12-17)26(22)18-13-7-4-8-14-18/h3-16H,2H2,1H3. The zero-order valence-electron chi connectivity index (χ0n) is 15.4. The largest absolute Gasteiger partial charge is 0.462 e. The molecule has 1 aromatic heterocycles. The van der Waals surface area contributed by atoms with E-state index in [2.05, 4.69) is 10.2 Å². The first-order chi connectivity index (χ1) is 13.8. The number of nitrogens with zero attached hydrogens (tertiary/aromatic N) is 3. The maximum atomic E-state index is 12.5. The lowest BCUT2D eigenvalue weighted by atomic mass is 10.1. The highest BCUT2D eigenvalue weighted by Gasteiger charge is 2.21. The topological polar surface area (TPSA) is 57.0 Å². The van der Waals surface area contributed by atoms with Crippen LogP contribution in [0.3, 0.4) is 0 Å². The molecule has 5 nitrogen and oxygen atoms in total. The Balaban J connectivity index is 1.95. The van der Waals surface area contributed by atoms with E-state index in [4.69, 9.17) is 4.74 Å². The van der Waals surface area contributed by atoms with Gasteiger partial charge in [-0.2, -0.15) is 0 Å². The van der Waals surface area contributed by atoms with E-state index in [1.54, 1.807) is 13.0 Å². The van der Waals surface area contributed by atoms with Crippen molar-refractivity contribution < 1.29 is 9.53 Å². The van der Waals surface area contributed by atoms with Crippen molar-refractivity contribution in [2.45, 2.75) is 6.92 Å². The molecule has 0 bridgehead atoms. The fourth-order valence-corrected chi connectivity index (χ4v) is 3.12. The molecule has 138 valence electrons. The number of para-hydroxylation sites is 1. The number of aromatic nitrogens is 3. The molecule has 0 spiro atoms. The maximum Gasteiger partial charge on any atom is 0.338 e. The molecule has 0 aliphatic heterocycles. The zero-order valence-corrected chi connectivity index (χ0v) is 15.4. The fourth-order valence-electron chi connectivity index (χ4n) is 3.12. The highest BCUT2D eigenvalue weighted by atomic mass is 16.5. The van der Waals surface area contributed by atoms with Crippen LogP contribution in [-0.4, -0.2) is 27.3 Å². The molecule has 0 amide bonds. The van der Waals surface area contributed by atoms with Gasteiger partial charge in [-0.3, -0.25) is 4.57 Å². The zero-order chi connectivity index (χ0) is 19.3. The predicted octanol–water partition coefficient (Wildman–Crippen LogP) is 4.78. The molecule has 5 heteroatoms. The Labute approximate surface area is 163 Å². The molecule has 4 rings (SSSR count). The first-order valence-corrected chi connectivity index (χ1v) is 9.12. The van der Waals surface area contributed by atoms with Gasteiger partial charge in [0.15, 0.2) is 11.6 Å². The third-order valence-corrected chi connectivity index (χ3v) is 4.37. The van der Waals surface area contributed by atoms with Gasteiger partial charge < -0.3 is 4.74 Å². The van der Waals surface area contributed by atoms with Crippen LogP contribution in [0.1, 0.15) is 17.3 Å². The highest BCUT2D eigenvalue weighted by Crippen LogP contribution is 2.30. The maximum absolute atomic E-state index is 12.5. The fraction of sp³-hybridized carbons (Fsp3) is 0.0870. The number of benzene rings is 3. The van der Waals surface area contributed by atoms with E-state index < -0.39 is 0 Å². The molecule has 0 atom stereocenters. The smallest absolute Gasteiger partial charge is 0.338 e. The minimum absolute atomic E-state index is 0.313. The van der Waals surface area contributed by atoms with Gasteiger partial charge in [0.2, 0.25) is 0 Å². The van der Waals surface area contributed by atoms with Crippen molar-refractivity contribution in [3.63, 3.8) is 0 Å². The van der Waals surface area contributed by atoms with E-state index in [1.807, 2.05) is 83.4 Å². The number of rotatable bonds is 5. The third-order valence-electron chi connectivity index (χ3n) is 4.37. The van der Waals surface area contributed by atoms with Crippen LogP contribution in [0.15, 0.2) is 84.9 Å². The molecule has 1 heterocycles. The van der Waals surface area contributed by atoms with Crippen molar-refractivity contribution in [1.82, 2.24) is 14.8 Å². The van der Waals surface area contributed by atoms with Gasteiger partial charge in [-0.15, -0.1) is 10.2 Å². The van der Waals surface area contributed by atoms with Crippen LogP contribution in [0, 0.1) is 0 Å². The number of hydrogen-bond acceptors (Lipinski definition) is 4. The summed E-state index contributed by atoms with van der Waals surface area (Å²) in [5.41, 5.74) is 3.01. The second-order valence-electron chi connectivity index (χ2n) is 6.15. The van der Waals surface area contributed by atoms with Gasteiger partial charge in [0.1, 0.15) is 0 Å². The van der Waals surface area contributed by atoms with Crippen LogP contribution in [0.4, 0.5) is 0 Å². The van der Waals surface area contributed by atoms with Gasteiger partial charge >= 0.3 is 5.97 Å². The van der Waals surface area contributed by atoms with E-state index in [1.165, 1.54) is 0 Å². The van der Waals surface area contributed by atoms with Crippen molar-refractivity contribution in [2.24, 2.45) is 0 Å². The Morgan fingerprint density at radius 1 is 0.821 bits per heavy atom. The van der Waals surface area contributed by atoms with E-state index in [9.17, 15) is 4.79 Å². The molecule has 0 radical (unpaired) electrons. The Bertz CT molecular complexity index is 1090. The van der Waals surface area contributed by atoms with Crippen molar-refractivity contribution in [3.8, 4) is 28.5 Å². The molecule has 3 aromatic carbocycles. The van der Waals surface area contributed by atoms with Crippen LogP contribution in [-0.2, 0) is 4.74 Å². The van der Waals surface area contributed by atoms with E-state index >= 15 is 0 Å². The van der Waals surface area contributed by atoms with Crippen molar-refractivity contribution in [1.29, 1.82) is 0 Å². The molecule has 4 aromatic rings. The molecule has 0 aliphatic carbocycles. The molecular formula is C23H19N3O2. The normalized spacial score (nSPS) is 10.6. The molecule has 0 unspecified atom stereocenters. The Morgan fingerprint density at radius 2 is 1.43 bits per heavy atom. The second kappa shape index (κ2) is 7.88. The number of carbonyl (C=O) groups excluding carboxylic acids is 1. The Kier molecular flexibility index (Phi) is 4.97. The lowest BCUT2D eigenvalue weighted by Crippen LogP contribution is -2.08. The summed E-state index contributed by atoms with van der Waals surface area (Å²) in [4.78, 5) is 12.5. The highest BCUT2D eigenvalue weighted by molar-refractivity contribution is 5.96. The lowest BCUT2D eigenvalue weighted by molar-refractivity contribution is 0.0527. The SMILES string of the molecule is CCOC(=O)c1ccccc1-c1nnc(-c2ccccc2)n1-c1ccccc1. The summed E-state index contributed by atoms with van der Waals surface area (Å²) in [5, 5.41) is 8.89. The van der Waals surface area contributed by atoms with Crippen LogP contribution < -0.4 is 0 Å². The minimum atomic E-state index is -0.373. The molecule has 0 aliphatic rings. The average molecular weight is 369 g/mol. The summed E-state index contributed by atoms with van der Waals surface area (Å²) < 4.78 is 7.20. The molecule has 0 saturated carbocycles. The summed E-state index contributed by atoms with van der Waals surface area (Å²) in [6.07, 6.45) is 0. The monoisotopic (exact) mass is 369 g/mol. The summed E-state index contributed by atoms with van der Waals surface area (Å²) in [6.45, 7) is 2.11. The number of esters is 1. The van der Waals surface area contributed by atoms with Gasteiger partial charge in [0.25, 0.3) is 0 Å². The van der Waals surface area contributed by atoms with Gasteiger partial charge in [0, 0.05) is 16.8 Å². The van der Waals surface area contributed by atoms with Crippen molar-refractivity contribution >= 4 is 5.97 Å².